The third-order valence-corrected chi connectivity index (χ3v) is 7.19. The molecule has 4 rings (SSSR count). The van der Waals surface area contributed by atoms with Gasteiger partial charge in [0.05, 0.1) is 41.1 Å². The van der Waals surface area contributed by atoms with Gasteiger partial charge in [-0.2, -0.15) is 5.10 Å². The van der Waals surface area contributed by atoms with Crippen molar-refractivity contribution >= 4 is 28.5 Å². The molecule has 0 radical (unpaired) electrons. The van der Waals surface area contributed by atoms with E-state index in [-0.39, 0.29) is 16.0 Å². The lowest BCUT2D eigenvalue weighted by atomic mass is 10.0. The molecular weight excluding hydrogens is 487 g/mol. The van der Waals surface area contributed by atoms with E-state index in [0.717, 1.165) is 0 Å². The summed E-state index contributed by atoms with van der Waals surface area (Å²) in [5.41, 5.74) is 1.28. The van der Waals surface area contributed by atoms with Crippen molar-refractivity contribution in [2.45, 2.75) is 31.2 Å². The SMILES string of the molecule is CC(C)(C)n1ncc(C(=O)Nc2ccc(C(=O)[OH2+])c(S(=O)N3CCOCC3)c2)c1-c1ccc(F)cc1. The Morgan fingerprint density at radius 2 is 1.75 bits per heavy atom. The molecule has 1 saturated heterocycles. The number of nitrogens with zero attached hydrogens (tertiary/aromatic N) is 3. The summed E-state index contributed by atoms with van der Waals surface area (Å²) in [4.78, 5) is 25.4. The standard InChI is InChI=1S/C25H27FN4O5S/c1-25(2,3)30-22(16-4-6-17(26)7-5-16)20(15-27-30)23(31)28-18-8-9-19(24(32)33)21(14-18)36(34)29-10-12-35-13-11-29/h4-9,14-15H,10-13H2,1-3H3,(H,28,31)(H,32,33)/p+1. The van der Waals surface area contributed by atoms with Crippen LogP contribution in [0.2, 0.25) is 0 Å². The first kappa shape index (κ1) is 25.7. The molecule has 1 unspecified atom stereocenters. The average Bonchev–Trinajstić information content (AvgIpc) is 3.30. The Morgan fingerprint density at radius 1 is 1.08 bits per heavy atom. The number of aromatic nitrogens is 2. The van der Waals surface area contributed by atoms with Gasteiger partial charge >= 0.3 is 5.97 Å². The molecule has 0 bridgehead atoms. The van der Waals surface area contributed by atoms with Crippen molar-refractivity contribution < 1.29 is 28.0 Å². The highest BCUT2D eigenvalue weighted by Crippen LogP contribution is 2.30. The second-order valence-corrected chi connectivity index (χ2v) is 10.7. The molecule has 3 N–H and O–H groups in total. The van der Waals surface area contributed by atoms with Gasteiger partial charge in [-0.15, -0.1) is 0 Å². The highest BCUT2D eigenvalue weighted by Gasteiger charge is 2.28. The van der Waals surface area contributed by atoms with Crippen molar-refractivity contribution in [2.24, 2.45) is 0 Å². The molecule has 36 heavy (non-hydrogen) atoms. The fraction of sp³-hybridized carbons (Fsp3) is 0.320. The Kier molecular flexibility index (Phi) is 7.34. The minimum absolute atomic E-state index is 0.00498. The first-order chi connectivity index (χ1) is 17.1. The van der Waals surface area contributed by atoms with Crippen molar-refractivity contribution in [1.82, 2.24) is 14.1 Å². The summed E-state index contributed by atoms with van der Waals surface area (Å²) in [6, 6.07) is 10.1. The largest absolute Gasteiger partial charge is 0.561 e. The van der Waals surface area contributed by atoms with Crippen LogP contribution in [0.3, 0.4) is 0 Å². The quantitative estimate of drug-likeness (QED) is 0.507. The number of rotatable bonds is 6. The Labute approximate surface area is 210 Å². The van der Waals surface area contributed by atoms with Crippen molar-refractivity contribution in [2.75, 3.05) is 31.6 Å². The number of halogens is 1. The van der Waals surface area contributed by atoms with Gasteiger partial charge in [0.1, 0.15) is 22.4 Å². The second kappa shape index (κ2) is 10.3. The van der Waals surface area contributed by atoms with Crippen LogP contribution in [0, 0.1) is 5.82 Å². The third-order valence-electron chi connectivity index (χ3n) is 5.64. The van der Waals surface area contributed by atoms with Gasteiger partial charge in [-0.25, -0.2) is 12.9 Å². The molecule has 1 fully saturated rings. The second-order valence-electron chi connectivity index (χ2n) is 9.28. The molecule has 0 saturated carbocycles. The maximum atomic E-state index is 13.6. The van der Waals surface area contributed by atoms with Gasteiger partial charge < -0.3 is 15.2 Å². The van der Waals surface area contributed by atoms with Crippen molar-refractivity contribution in [3.05, 3.63) is 65.6 Å². The maximum absolute atomic E-state index is 13.6. The zero-order chi connectivity index (χ0) is 26.0. The fourth-order valence-corrected chi connectivity index (χ4v) is 5.23. The van der Waals surface area contributed by atoms with Crippen LogP contribution in [-0.4, -0.2) is 61.6 Å². The number of carbonyl (C=O) groups excluding carboxylic acids is 2. The Balaban J connectivity index is 1.69. The van der Waals surface area contributed by atoms with Gasteiger partial charge in [0.2, 0.25) is 0 Å². The van der Waals surface area contributed by atoms with E-state index in [1.165, 1.54) is 36.5 Å². The lowest BCUT2D eigenvalue weighted by Crippen LogP contribution is -2.38. The van der Waals surface area contributed by atoms with E-state index in [0.29, 0.717) is 43.2 Å². The summed E-state index contributed by atoms with van der Waals surface area (Å²) in [7, 11) is -1.71. The minimum atomic E-state index is -1.71. The predicted molar refractivity (Wildman–Crippen MR) is 134 cm³/mol. The van der Waals surface area contributed by atoms with E-state index in [1.807, 2.05) is 20.8 Å². The number of hydrogen-bond donors (Lipinski definition) is 1. The molecule has 3 aromatic rings. The van der Waals surface area contributed by atoms with Crippen molar-refractivity contribution in [3.8, 4) is 11.3 Å². The summed E-state index contributed by atoms with van der Waals surface area (Å²) >= 11 is 0. The zero-order valence-electron chi connectivity index (χ0n) is 20.2. The van der Waals surface area contributed by atoms with Crippen molar-refractivity contribution in [3.63, 3.8) is 0 Å². The third kappa shape index (κ3) is 5.38. The number of amides is 1. The summed E-state index contributed by atoms with van der Waals surface area (Å²) in [6.07, 6.45) is 1.45. The molecule has 11 heteroatoms. The molecule has 2 aromatic carbocycles. The van der Waals surface area contributed by atoms with Gasteiger partial charge in [0.25, 0.3) is 5.91 Å². The van der Waals surface area contributed by atoms with Crippen molar-refractivity contribution in [1.29, 1.82) is 0 Å². The van der Waals surface area contributed by atoms with Crippen LogP contribution in [0.25, 0.3) is 11.3 Å². The monoisotopic (exact) mass is 515 g/mol. The molecule has 2 heterocycles. The number of benzene rings is 2. The lowest BCUT2D eigenvalue weighted by molar-refractivity contribution is 0.0691. The predicted octanol–water partition coefficient (Wildman–Crippen LogP) is 2.92. The Morgan fingerprint density at radius 3 is 2.36 bits per heavy atom. The van der Waals surface area contributed by atoms with E-state index in [2.05, 4.69) is 10.4 Å². The number of carbonyl (C=O) groups is 2. The van der Waals surface area contributed by atoms with E-state index >= 15 is 0 Å². The van der Waals surface area contributed by atoms with Gasteiger partial charge in [0.15, 0.2) is 0 Å². The normalized spacial score (nSPS) is 15.4. The smallest absolute Gasteiger partial charge is 0.550 e. The molecule has 1 aliphatic rings. The van der Waals surface area contributed by atoms with Gasteiger partial charge in [-0.1, -0.05) is 0 Å². The summed E-state index contributed by atoms with van der Waals surface area (Å²) in [5, 5.41) is 14.8. The highest BCUT2D eigenvalue weighted by atomic mass is 32.2. The molecule has 190 valence electrons. The summed E-state index contributed by atoms with van der Waals surface area (Å²) in [5.74, 6) is -1.83. The maximum Gasteiger partial charge on any atom is 0.550 e. The van der Waals surface area contributed by atoms with Gasteiger partial charge in [-0.3, -0.25) is 9.48 Å². The van der Waals surface area contributed by atoms with Crippen LogP contribution in [0.1, 0.15) is 41.5 Å². The van der Waals surface area contributed by atoms with E-state index < -0.39 is 34.2 Å². The summed E-state index contributed by atoms with van der Waals surface area (Å²) < 4.78 is 35.4. The topological polar surface area (TPSA) is 116 Å². The number of ether oxygens (including phenoxy) is 1. The molecule has 1 amide bonds. The number of nitrogens with one attached hydrogen (secondary N) is 1. The summed E-state index contributed by atoms with van der Waals surface area (Å²) in [6.45, 7) is 7.49. The molecule has 1 aromatic heterocycles. The first-order valence-corrected chi connectivity index (χ1v) is 12.5. The molecule has 9 nitrogen and oxygen atoms in total. The average molecular weight is 516 g/mol. The van der Waals surface area contributed by atoms with Crippen LogP contribution in [0.4, 0.5) is 10.1 Å². The first-order valence-electron chi connectivity index (χ1n) is 11.4. The zero-order valence-corrected chi connectivity index (χ0v) is 21.0. The molecule has 1 atom stereocenters. The van der Waals surface area contributed by atoms with Gasteiger partial charge in [-0.05, 0) is 63.2 Å². The number of hydrogen-bond acceptors (Lipinski definition) is 5. The van der Waals surface area contributed by atoms with Crippen LogP contribution in [0.5, 0.6) is 0 Å². The molecular formula is C25H28FN4O5S+. The van der Waals surface area contributed by atoms with E-state index in [9.17, 15) is 18.2 Å². The van der Waals surface area contributed by atoms with E-state index in [4.69, 9.17) is 9.84 Å². The van der Waals surface area contributed by atoms with E-state index in [1.54, 1.807) is 21.1 Å². The highest BCUT2D eigenvalue weighted by molar-refractivity contribution is 7.82. The molecule has 0 spiro atoms. The van der Waals surface area contributed by atoms with Crippen LogP contribution in [-0.2, 0) is 21.3 Å². The van der Waals surface area contributed by atoms with Gasteiger partial charge in [0, 0.05) is 29.1 Å². The molecule has 1 aliphatic heterocycles. The number of morpholine rings is 1. The minimum Gasteiger partial charge on any atom is -0.561 e. The van der Waals surface area contributed by atoms with Crippen LogP contribution < -0.4 is 5.32 Å². The Bertz CT molecular complexity index is 1310. The Hall–Kier alpha value is -3.41. The lowest BCUT2D eigenvalue weighted by Gasteiger charge is -2.25. The fourth-order valence-electron chi connectivity index (χ4n) is 3.89. The van der Waals surface area contributed by atoms with Crippen LogP contribution in [0.15, 0.2) is 53.6 Å². The molecule has 0 aliphatic carbocycles. The van der Waals surface area contributed by atoms with Crippen LogP contribution >= 0.6 is 0 Å². The number of anilines is 1.